The number of halogens is 1. The number of nitrogens with one attached hydrogen (secondary N) is 2. The van der Waals surface area contributed by atoms with Gasteiger partial charge in [0, 0.05) is 51.5 Å². The van der Waals surface area contributed by atoms with Crippen molar-refractivity contribution in [1.82, 2.24) is 25.3 Å². The fraction of sp³-hybridized carbons (Fsp3) is 0.789. The van der Waals surface area contributed by atoms with E-state index >= 15 is 0 Å². The van der Waals surface area contributed by atoms with Crippen molar-refractivity contribution >= 4 is 29.9 Å². The fourth-order valence-corrected chi connectivity index (χ4v) is 4.38. The van der Waals surface area contributed by atoms with Crippen LogP contribution < -0.4 is 10.6 Å². The van der Waals surface area contributed by atoms with E-state index in [2.05, 4.69) is 39.5 Å². The Balaban J connectivity index is 0.00000243. The highest BCUT2D eigenvalue weighted by Crippen LogP contribution is 2.26. The van der Waals surface area contributed by atoms with Gasteiger partial charge in [-0.25, -0.2) is 0 Å². The highest BCUT2D eigenvalue weighted by molar-refractivity contribution is 14.0. The van der Waals surface area contributed by atoms with E-state index in [1.165, 1.54) is 49.9 Å². The van der Waals surface area contributed by atoms with Crippen molar-refractivity contribution in [3.63, 3.8) is 0 Å². The van der Waals surface area contributed by atoms with E-state index in [0.29, 0.717) is 6.04 Å². The van der Waals surface area contributed by atoms with Gasteiger partial charge in [0.2, 0.25) is 0 Å². The molecule has 2 heterocycles. The number of guanidine groups is 1. The quantitative estimate of drug-likeness (QED) is 0.391. The lowest BCUT2D eigenvalue weighted by Gasteiger charge is -2.24. The average molecular weight is 474 g/mol. The second kappa shape index (κ2) is 9.92. The molecular formula is C19H35IN6. The summed E-state index contributed by atoms with van der Waals surface area (Å²) in [7, 11) is 3.87. The first kappa shape index (κ1) is 21.5. The third kappa shape index (κ3) is 5.12. The van der Waals surface area contributed by atoms with Gasteiger partial charge in [-0.05, 0) is 45.1 Å². The smallest absolute Gasteiger partial charge is 0.191 e. The van der Waals surface area contributed by atoms with Gasteiger partial charge in [-0.3, -0.25) is 14.6 Å². The molecule has 1 aromatic heterocycles. The first-order valence-electron chi connectivity index (χ1n) is 9.78. The van der Waals surface area contributed by atoms with Crippen LogP contribution in [0.5, 0.6) is 0 Å². The molecule has 1 unspecified atom stereocenters. The Hall–Kier alpha value is -0.830. The largest absolute Gasteiger partial charge is 0.356 e. The van der Waals surface area contributed by atoms with Crippen LogP contribution in [0, 0.1) is 13.8 Å². The summed E-state index contributed by atoms with van der Waals surface area (Å²) in [5.41, 5.74) is 3.73. The van der Waals surface area contributed by atoms with Gasteiger partial charge in [-0.1, -0.05) is 12.8 Å². The zero-order valence-electron chi connectivity index (χ0n) is 16.7. The van der Waals surface area contributed by atoms with Crippen molar-refractivity contribution in [2.75, 3.05) is 26.7 Å². The van der Waals surface area contributed by atoms with Crippen LogP contribution in [0.1, 0.15) is 49.1 Å². The van der Waals surface area contributed by atoms with E-state index in [0.717, 1.165) is 37.2 Å². The van der Waals surface area contributed by atoms with Crippen molar-refractivity contribution in [1.29, 1.82) is 0 Å². The maximum Gasteiger partial charge on any atom is 0.191 e. The summed E-state index contributed by atoms with van der Waals surface area (Å²) in [6, 6.07) is 1.35. The molecule has 2 N–H and O–H groups in total. The van der Waals surface area contributed by atoms with Gasteiger partial charge < -0.3 is 10.6 Å². The molecule has 0 spiro atoms. The predicted octanol–water partition coefficient (Wildman–Crippen LogP) is 2.38. The molecule has 1 saturated carbocycles. The Morgan fingerprint density at radius 2 is 1.96 bits per heavy atom. The summed E-state index contributed by atoms with van der Waals surface area (Å²) in [4.78, 5) is 7.09. The van der Waals surface area contributed by atoms with E-state index in [1.54, 1.807) is 0 Å². The van der Waals surface area contributed by atoms with Crippen LogP contribution in [0.4, 0.5) is 0 Å². The lowest BCUT2D eigenvalue weighted by molar-refractivity contribution is 0.242. The molecule has 26 heavy (non-hydrogen) atoms. The minimum absolute atomic E-state index is 0. The molecule has 0 aromatic carbocycles. The van der Waals surface area contributed by atoms with Gasteiger partial charge in [-0.15, -0.1) is 24.0 Å². The normalized spacial score (nSPS) is 21.8. The molecule has 7 heteroatoms. The van der Waals surface area contributed by atoms with Crippen LogP contribution in [0.3, 0.4) is 0 Å². The summed E-state index contributed by atoms with van der Waals surface area (Å²) in [5, 5.41) is 11.6. The Kier molecular flexibility index (Phi) is 8.19. The molecular weight excluding hydrogens is 439 g/mol. The number of aromatic nitrogens is 2. The van der Waals surface area contributed by atoms with Gasteiger partial charge in [0.25, 0.3) is 0 Å². The molecule has 148 valence electrons. The number of rotatable bonds is 5. The standard InChI is InChI=1S/C19H34N6.HI/c1-14-18(15(2)24(4)23-14)9-11-21-19(20-3)22-16-10-12-25(13-16)17-7-5-6-8-17;/h16-17H,5-13H2,1-4H3,(H2,20,21,22);1H. The molecule has 0 bridgehead atoms. The van der Waals surface area contributed by atoms with Crippen LogP contribution in [0.2, 0.25) is 0 Å². The molecule has 3 rings (SSSR count). The molecule has 2 fully saturated rings. The van der Waals surface area contributed by atoms with Crippen molar-refractivity contribution < 1.29 is 0 Å². The van der Waals surface area contributed by atoms with Crippen LogP contribution in [0.25, 0.3) is 0 Å². The Labute approximate surface area is 175 Å². The van der Waals surface area contributed by atoms with E-state index in [-0.39, 0.29) is 24.0 Å². The number of hydrogen-bond acceptors (Lipinski definition) is 3. The molecule has 6 nitrogen and oxygen atoms in total. The summed E-state index contributed by atoms with van der Waals surface area (Å²) >= 11 is 0. The molecule has 1 atom stereocenters. The van der Waals surface area contributed by atoms with Gasteiger partial charge in [-0.2, -0.15) is 5.10 Å². The molecule has 0 amide bonds. The topological polar surface area (TPSA) is 57.5 Å². The number of likely N-dealkylation sites (tertiary alicyclic amines) is 1. The van der Waals surface area contributed by atoms with Crippen molar-refractivity contribution in [3.8, 4) is 0 Å². The summed E-state index contributed by atoms with van der Waals surface area (Å²) in [6.07, 6.45) is 7.81. The molecule has 1 aliphatic heterocycles. The second-order valence-corrected chi connectivity index (χ2v) is 7.59. The molecule has 1 saturated heterocycles. The first-order valence-corrected chi connectivity index (χ1v) is 9.78. The van der Waals surface area contributed by atoms with Gasteiger partial charge in [0.15, 0.2) is 5.96 Å². The van der Waals surface area contributed by atoms with Crippen LogP contribution in [0.15, 0.2) is 4.99 Å². The Bertz CT molecular complexity index is 605. The Morgan fingerprint density at radius 1 is 1.23 bits per heavy atom. The lowest BCUT2D eigenvalue weighted by Crippen LogP contribution is -2.45. The highest BCUT2D eigenvalue weighted by Gasteiger charge is 2.30. The third-order valence-corrected chi connectivity index (χ3v) is 5.95. The monoisotopic (exact) mass is 474 g/mol. The summed E-state index contributed by atoms with van der Waals surface area (Å²) < 4.78 is 1.97. The zero-order chi connectivity index (χ0) is 17.8. The summed E-state index contributed by atoms with van der Waals surface area (Å²) in [6.45, 7) is 7.50. The van der Waals surface area contributed by atoms with Gasteiger partial charge >= 0.3 is 0 Å². The molecule has 1 aliphatic carbocycles. The predicted molar refractivity (Wildman–Crippen MR) is 119 cm³/mol. The van der Waals surface area contributed by atoms with Crippen LogP contribution in [-0.2, 0) is 13.5 Å². The average Bonchev–Trinajstić information content (AvgIpc) is 3.31. The van der Waals surface area contributed by atoms with Crippen molar-refractivity contribution in [3.05, 3.63) is 17.0 Å². The number of nitrogens with zero attached hydrogens (tertiary/aromatic N) is 4. The first-order chi connectivity index (χ1) is 12.1. The molecule has 0 radical (unpaired) electrons. The van der Waals surface area contributed by atoms with E-state index in [1.807, 2.05) is 18.8 Å². The van der Waals surface area contributed by atoms with E-state index in [9.17, 15) is 0 Å². The van der Waals surface area contributed by atoms with E-state index < -0.39 is 0 Å². The Morgan fingerprint density at radius 3 is 2.58 bits per heavy atom. The second-order valence-electron chi connectivity index (χ2n) is 7.59. The van der Waals surface area contributed by atoms with Gasteiger partial charge in [0.1, 0.15) is 0 Å². The maximum absolute atomic E-state index is 4.50. The van der Waals surface area contributed by atoms with Crippen LogP contribution >= 0.6 is 24.0 Å². The molecule has 2 aliphatic rings. The lowest BCUT2D eigenvalue weighted by atomic mass is 10.1. The third-order valence-electron chi connectivity index (χ3n) is 5.95. The number of aryl methyl sites for hydroxylation is 2. The SMILES string of the molecule is CN=C(NCCc1c(C)nn(C)c1C)NC1CCN(C2CCCC2)C1.I. The minimum Gasteiger partial charge on any atom is -0.356 e. The molecule has 1 aromatic rings. The van der Waals surface area contributed by atoms with E-state index in [4.69, 9.17) is 0 Å². The van der Waals surface area contributed by atoms with Gasteiger partial charge in [0.05, 0.1) is 5.69 Å². The highest BCUT2D eigenvalue weighted by atomic mass is 127. The number of hydrogen-bond donors (Lipinski definition) is 2. The minimum atomic E-state index is 0. The van der Waals surface area contributed by atoms with Crippen molar-refractivity contribution in [2.45, 2.75) is 64.5 Å². The summed E-state index contributed by atoms with van der Waals surface area (Å²) in [5.74, 6) is 0.928. The van der Waals surface area contributed by atoms with Crippen LogP contribution in [-0.4, -0.2) is 59.4 Å². The maximum atomic E-state index is 4.50. The fourth-order valence-electron chi connectivity index (χ4n) is 4.38. The van der Waals surface area contributed by atoms with Crippen molar-refractivity contribution in [2.24, 2.45) is 12.0 Å². The number of aliphatic imine (C=N–C) groups is 1. The zero-order valence-corrected chi connectivity index (χ0v) is 19.0.